The van der Waals surface area contributed by atoms with E-state index in [-0.39, 0.29) is 21.0 Å². The number of ether oxygens (including phenoxy) is 1. The largest absolute Gasteiger partial charge is 0.414 e. The highest BCUT2D eigenvalue weighted by Gasteiger charge is 2.58. The summed E-state index contributed by atoms with van der Waals surface area (Å²) in [6, 6.07) is 1.33. The first kappa shape index (κ1) is 29.4. The van der Waals surface area contributed by atoms with Crippen LogP contribution >= 0.6 is 15.9 Å². The van der Waals surface area contributed by atoms with Gasteiger partial charge in [0.2, 0.25) is 0 Å². The van der Waals surface area contributed by atoms with Gasteiger partial charge in [-0.3, -0.25) is 14.3 Å². The Bertz CT molecular complexity index is 993. The van der Waals surface area contributed by atoms with Gasteiger partial charge in [-0.25, -0.2) is 4.79 Å². The fourth-order valence-electron chi connectivity index (χ4n) is 3.50. The van der Waals surface area contributed by atoms with Crippen LogP contribution in [0, 0.1) is 0 Å². The number of nitrogens with zero attached hydrogens (tertiary/aromatic N) is 1. The zero-order valence-corrected chi connectivity index (χ0v) is 26.0. The lowest BCUT2D eigenvalue weighted by atomic mass is 10.0. The third-order valence-corrected chi connectivity index (χ3v) is 18.0. The third kappa shape index (κ3) is 5.78. The highest BCUT2D eigenvalue weighted by molar-refractivity contribution is 9.09. The van der Waals surface area contributed by atoms with Gasteiger partial charge in [0.25, 0.3) is 5.56 Å². The third-order valence-electron chi connectivity index (χ3n) is 7.76. The molecule has 1 N–H and O–H groups in total. The predicted molar refractivity (Wildman–Crippen MR) is 147 cm³/mol. The SMILES string of the molecule is C=CC[C@]1(n2ccc(=O)[nH]c2=O)O[C@H](CO[Si](C)(C)C(C)(C)C)[C@@H](O[Si](C)(C)C(C)(C)C)[C@@H]1Br. The first-order valence-electron chi connectivity index (χ1n) is 11.9. The molecule has 1 aliphatic heterocycles. The van der Waals surface area contributed by atoms with Crippen molar-refractivity contribution in [3.63, 3.8) is 0 Å². The minimum atomic E-state index is -2.20. The van der Waals surface area contributed by atoms with Gasteiger partial charge in [0.05, 0.1) is 17.5 Å². The quantitative estimate of drug-likeness (QED) is 0.257. The summed E-state index contributed by atoms with van der Waals surface area (Å²) in [6.45, 7) is 26.3. The first-order valence-corrected chi connectivity index (χ1v) is 18.6. The molecule has 0 amide bonds. The lowest BCUT2D eigenvalue weighted by Gasteiger charge is -2.41. The van der Waals surface area contributed by atoms with Gasteiger partial charge < -0.3 is 13.6 Å². The van der Waals surface area contributed by atoms with Crippen LogP contribution in [0.15, 0.2) is 34.5 Å². The van der Waals surface area contributed by atoms with Gasteiger partial charge in [-0.1, -0.05) is 63.5 Å². The molecule has 1 aromatic rings. The van der Waals surface area contributed by atoms with E-state index >= 15 is 0 Å². The summed E-state index contributed by atoms with van der Waals surface area (Å²) >= 11 is 3.87. The fraction of sp³-hybridized carbons (Fsp3) is 0.750. The van der Waals surface area contributed by atoms with Crippen LogP contribution in [0.3, 0.4) is 0 Å². The normalized spacial score (nSPS) is 26.6. The van der Waals surface area contributed by atoms with Crippen LogP contribution in [0.4, 0.5) is 0 Å². The van der Waals surface area contributed by atoms with Crippen molar-refractivity contribution in [1.29, 1.82) is 0 Å². The van der Waals surface area contributed by atoms with Gasteiger partial charge in [-0.15, -0.1) is 6.58 Å². The van der Waals surface area contributed by atoms with Gasteiger partial charge >= 0.3 is 5.69 Å². The maximum absolute atomic E-state index is 12.9. The number of nitrogens with one attached hydrogen (secondary N) is 1. The van der Waals surface area contributed by atoms with Gasteiger partial charge in [-0.2, -0.15) is 0 Å². The number of rotatable bonds is 8. The Morgan fingerprint density at radius 2 is 1.71 bits per heavy atom. The van der Waals surface area contributed by atoms with Crippen LogP contribution in [-0.2, 0) is 19.3 Å². The van der Waals surface area contributed by atoms with E-state index in [1.54, 1.807) is 6.08 Å². The fourth-order valence-corrected chi connectivity index (χ4v) is 7.00. The second-order valence-electron chi connectivity index (χ2n) is 12.3. The molecule has 10 heteroatoms. The molecule has 0 bridgehead atoms. The Kier molecular flexibility index (Phi) is 8.60. The highest BCUT2D eigenvalue weighted by Crippen LogP contribution is 2.48. The highest BCUT2D eigenvalue weighted by atomic mass is 79.9. The molecule has 1 aliphatic rings. The Labute approximate surface area is 214 Å². The average molecular weight is 576 g/mol. The van der Waals surface area contributed by atoms with Crippen LogP contribution in [0.25, 0.3) is 0 Å². The average Bonchev–Trinajstić information content (AvgIpc) is 2.91. The van der Waals surface area contributed by atoms with Crippen LogP contribution in [0.2, 0.25) is 36.3 Å². The van der Waals surface area contributed by atoms with E-state index in [0.29, 0.717) is 13.0 Å². The molecule has 2 heterocycles. The van der Waals surface area contributed by atoms with Crippen molar-refractivity contribution in [3.8, 4) is 0 Å². The summed E-state index contributed by atoms with van der Waals surface area (Å²) in [5.41, 5.74) is -2.10. The molecule has 4 atom stereocenters. The van der Waals surface area contributed by atoms with E-state index in [9.17, 15) is 9.59 Å². The van der Waals surface area contributed by atoms with E-state index in [2.05, 4.69) is 95.2 Å². The molecular formula is C24H43BrN2O5Si2. The van der Waals surface area contributed by atoms with Crippen molar-refractivity contribution in [2.45, 2.75) is 107 Å². The predicted octanol–water partition coefficient (Wildman–Crippen LogP) is 5.34. The van der Waals surface area contributed by atoms with Crippen molar-refractivity contribution in [3.05, 3.63) is 45.8 Å². The summed E-state index contributed by atoms with van der Waals surface area (Å²) in [5, 5.41) is 0.0340. The molecule has 0 aliphatic carbocycles. The summed E-state index contributed by atoms with van der Waals surface area (Å²) in [4.78, 5) is 26.6. The van der Waals surface area contributed by atoms with Crippen LogP contribution in [-0.4, -0.2) is 49.8 Å². The Balaban J connectivity index is 2.57. The molecule has 1 saturated heterocycles. The van der Waals surface area contributed by atoms with E-state index in [0.717, 1.165) is 0 Å². The second kappa shape index (κ2) is 9.93. The number of H-pyrrole nitrogens is 1. The molecule has 194 valence electrons. The van der Waals surface area contributed by atoms with Crippen molar-refractivity contribution in [2.75, 3.05) is 6.61 Å². The smallest absolute Gasteiger partial charge is 0.330 e. The zero-order chi connectivity index (χ0) is 26.3. The molecule has 0 saturated carbocycles. The van der Waals surface area contributed by atoms with Crippen molar-refractivity contribution in [2.24, 2.45) is 0 Å². The maximum Gasteiger partial charge on any atom is 0.330 e. The summed E-state index contributed by atoms with van der Waals surface area (Å²) in [7, 11) is -4.26. The zero-order valence-electron chi connectivity index (χ0n) is 22.5. The number of aromatic amines is 1. The van der Waals surface area contributed by atoms with Gasteiger partial charge in [0, 0.05) is 18.7 Å². The summed E-state index contributed by atoms with van der Waals surface area (Å²) in [5.74, 6) is 0. The molecule has 0 spiro atoms. The van der Waals surface area contributed by atoms with Crippen LogP contribution in [0.5, 0.6) is 0 Å². The van der Waals surface area contributed by atoms with Gasteiger partial charge in [0.15, 0.2) is 22.4 Å². The number of halogens is 1. The van der Waals surface area contributed by atoms with Crippen LogP contribution in [0.1, 0.15) is 48.0 Å². The van der Waals surface area contributed by atoms with Crippen molar-refractivity contribution < 1.29 is 13.6 Å². The monoisotopic (exact) mass is 574 g/mol. The molecule has 2 rings (SSSR count). The molecule has 1 aromatic heterocycles. The first-order chi connectivity index (χ1) is 15.3. The molecular weight excluding hydrogens is 532 g/mol. The van der Waals surface area contributed by atoms with E-state index in [1.807, 2.05) is 0 Å². The van der Waals surface area contributed by atoms with Crippen LogP contribution < -0.4 is 11.2 Å². The van der Waals surface area contributed by atoms with E-state index in [4.69, 9.17) is 13.6 Å². The minimum Gasteiger partial charge on any atom is -0.414 e. The van der Waals surface area contributed by atoms with E-state index in [1.165, 1.54) is 16.8 Å². The molecule has 34 heavy (non-hydrogen) atoms. The Morgan fingerprint density at radius 3 is 2.18 bits per heavy atom. The standard InChI is InChI=1S/C24H43BrN2O5Si2/c1-12-14-24(27-15-13-18(28)26-21(27)29)20(25)19(32-34(10,11)23(5,6)7)17(31-24)16-30-33(8,9)22(2,3)4/h12-13,15,17,19-20H,1,14,16H2,2-11H3,(H,26,28,29)/t17-,19-,20+,24+/m1/s1. The Hall–Kier alpha value is -0.786. The number of hydrogen-bond donors (Lipinski definition) is 1. The molecule has 1 fully saturated rings. The lowest BCUT2D eigenvalue weighted by molar-refractivity contribution is -0.113. The van der Waals surface area contributed by atoms with Gasteiger partial charge in [-0.05, 0) is 36.3 Å². The summed E-state index contributed by atoms with van der Waals surface area (Å²) in [6.07, 6.45) is 2.80. The maximum atomic E-state index is 12.9. The number of hydrogen-bond acceptors (Lipinski definition) is 5. The number of aromatic nitrogens is 2. The van der Waals surface area contributed by atoms with Crippen molar-refractivity contribution >= 4 is 32.6 Å². The van der Waals surface area contributed by atoms with E-state index < -0.39 is 39.7 Å². The van der Waals surface area contributed by atoms with Gasteiger partial charge in [0.1, 0.15) is 6.10 Å². The molecule has 7 nitrogen and oxygen atoms in total. The molecule has 0 unspecified atom stereocenters. The van der Waals surface area contributed by atoms with Crippen molar-refractivity contribution in [1.82, 2.24) is 9.55 Å². The lowest BCUT2D eigenvalue weighted by Crippen LogP contribution is -2.52. The Morgan fingerprint density at radius 1 is 1.15 bits per heavy atom. The number of alkyl halides is 1. The molecule has 0 radical (unpaired) electrons. The topological polar surface area (TPSA) is 82.6 Å². The summed E-state index contributed by atoms with van der Waals surface area (Å²) < 4.78 is 21.6. The molecule has 0 aromatic carbocycles. The minimum absolute atomic E-state index is 0.0108. The second-order valence-corrected chi connectivity index (χ2v) is 22.8.